The Morgan fingerprint density at radius 3 is 2.53 bits per heavy atom. The summed E-state index contributed by atoms with van der Waals surface area (Å²) >= 11 is 0. The number of nitrogens with one attached hydrogen (secondary N) is 1. The van der Waals surface area contributed by atoms with Gasteiger partial charge in [0.05, 0.1) is 6.10 Å². The zero-order valence-electron chi connectivity index (χ0n) is 9.20. The van der Waals surface area contributed by atoms with Gasteiger partial charge >= 0.3 is 0 Å². The lowest BCUT2D eigenvalue weighted by Crippen LogP contribution is -2.43. The lowest BCUT2D eigenvalue weighted by atomic mass is 10.1. The highest BCUT2D eigenvalue weighted by Gasteiger charge is 2.29. The SMILES string of the molecule is CC1CCC(C(=O)NC2CCOCC2)O1. The molecule has 2 atom stereocenters. The molecule has 15 heavy (non-hydrogen) atoms. The standard InChI is InChI=1S/C11H19NO3/c1-8-2-3-10(15-8)11(13)12-9-4-6-14-7-5-9/h8-10H,2-7H2,1H3,(H,12,13). The summed E-state index contributed by atoms with van der Waals surface area (Å²) < 4.78 is 10.8. The third kappa shape index (κ3) is 2.92. The van der Waals surface area contributed by atoms with E-state index in [4.69, 9.17) is 9.47 Å². The second kappa shape index (κ2) is 4.94. The van der Waals surface area contributed by atoms with Crippen molar-refractivity contribution >= 4 is 5.91 Å². The third-order valence-electron chi connectivity index (χ3n) is 3.09. The highest BCUT2D eigenvalue weighted by molar-refractivity contribution is 5.81. The molecule has 0 spiro atoms. The quantitative estimate of drug-likeness (QED) is 0.739. The fourth-order valence-corrected chi connectivity index (χ4v) is 2.13. The van der Waals surface area contributed by atoms with E-state index in [1.54, 1.807) is 0 Å². The molecule has 0 radical (unpaired) electrons. The number of carbonyl (C=O) groups excluding carboxylic acids is 1. The molecule has 2 saturated heterocycles. The van der Waals surface area contributed by atoms with Crippen LogP contribution in [0.5, 0.6) is 0 Å². The zero-order chi connectivity index (χ0) is 10.7. The van der Waals surface area contributed by atoms with Gasteiger partial charge in [0.15, 0.2) is 0 Å². The molecule has 2 fully saturated rings. The fraction of sp³-hybridized carbons (Fsp3) is 0.909. The fourth-order valence-electron chi connectivity index (χ4n) is 2.13. The third-order valence-corrected chi connectivity index (χ3v) is 3.09. The summed E-state index contributed by atoms with van der Waals surface area (Å²) in [6.07, 6.45) is 3.71. The van der Waals surface area contributed by atoms with E-state index < -0.39 is 0 Å². The van der Waals surface area contributed by atoms with Crippen molar-refractivity contribution in [2.24, 2.45) is 0 Å². The maximum absolute atomic E-state index is 11.8. The Morgan fingerprint density at radius 2 is 1.93 bits per heavy atom. The highest BCUT2D eigenvalue weighted by Crippen LogP contribution is 2.19. The van der Waals surface area contributed by atoms with Gasteiger partial charge in [-0.3, -0.25) is 4.79 Å². The summed E-state index contributed by atoms with van der Waals surface area (Å²) in [7, 11) is 0. The molecule has 0 aromatic rings. The van der Waals surface area contributed by atoms with Crippen LogP contribution in [0.2, 0.25) is 0 Å². The van der Waals surface area contributed by atoms with Gasteiger partial charge in [0, 0.05) is 19.3 Å². The topological polar surface area (TPSA) is 47.6 Å². The molecule has 2 aliphatic heterocycles. The Hall–Kier alpha value is -0.610. The maximum atomic E-state index is 11.8. The summed E-state index contributed by atoms with van der Waals surface area (Å²) in [5, 5.41) is 3.04. The highest BCUT2D eigenvalue weighted by atomic mass is 16.5. The van der Waals surface area contributed by atoms with Crippen LogP contribution in [0.4, 0.5) is 0 Å². The van der Waals surface area contributed by atoms with E-state index in [1.807, 2.05) is 6.92 Å². The van der Waals surface area contributed by atoms with Crippen molar-refractivity contribution in [2.75, 3.05) is 13.2 Å². The molecule has 0 aliphatic carbocycles. The minimum Gasteiger partial charge on any atom is -0.381 e. The van der Waals surface area contributed by atoms with E-state index in [0.717, 1.165) is 38.9 Å². The molecule has 4 nitrogen and oxygen atoms in total. The summed E-state index contributed by atoms with van der Waals surface area (Å²) in [5.74, 6) is 0.0613. The van der Waals surface area contributed by atoms with Crippen LogP contribution in [0, 0.1) is 0 Å². The van der Waals surface area contributed by atoms with Crippen LogP contribution in [0.1, 0.15) is 32.6 Å². The van der Waals surface area contributed by atoms with Crippen molar-refractivity contribution in [3.8, 4) is 0 Å². The van der Waals surface area contributed by atoms with Crippen molar-refractivity contribution in [2.45, 2.75) is 50.9 Å². The Morgan fingerprint density at radius 1 is 1.20 bits per heavy atom. The van der Waals surface area contributed by atoms with Gasteiger partial charge in [0.1, 0.15) is 6.10 Å². The molecule has 2 aliphatic rings. The van der Waals surface area contributed by atoms with Crippen molar-refractivity contribution in [1.82, 2.24) is 5.32 Å². The maximum Gasteiger partial charge on any atom is 0.249 e. The van der Waals surface area contributed by atoms with Gasteiger partial charge in [0.2, 0.25) is 5.91 Å². The molecule has 0 bridgehead atoms. The van der Waals surface area contributed by atoms with Crippen LogP contribution in [0.3, 0.4) is 0 Å². The second-order valence-electron chi connectivity index (χ2n) is 4.41. The first-order valence-electron chi connectivity index (χ1n) is 5.79. The van der Waals surface area contributed by atoms with Gasteiger partial charge in [-0.2, -0.15) is 0 Å². The van der Waals surface area contributed by atoms with Gasteiger partial charge in [-0.25, -0.2) is 0 Å². The number of hydrogen-bond acceptors (Lipinski definition) is 3. The molecule has 1 amide bonds. The van der Waals surface area contributed by atoms with Gasteiger partial charge in [-0.1, -0.05) is 0 Å². The Kier molecular flexibility index (Phi) is 3.59. The number of rotatable bonds is 2. The van der Waals surface area contributed by atoms with Gasteiger partial charge < -0.3 is 14.8 Å². The average Bonchev–Trinajstić information content (AvgIpc) is 2.66. The molecular weight excluding hydrogens is 194 g/mol. The Bertz CT molecular complexity index is 226. The van der Waals surface area contributed by atoms with Crippen molar-refractivity contribution in [3.05, 3.63) is 0 Å². The van der Waals surface area contributed by atoms with E-state index in [9.17, 15) is 4.79 Å². The summed E-state index contributed by atoms with van der Waals surface area (Å²) in [4.78, 5) is 11.8. The molecule has 0 aromatic carbocycles. The van der Waals surface area contributed by atoms with Crippen molar-refractivity contribution < 1.29 is 14.3 Å². The van der Waals surface area contributed by atoms with E-state index in [-0.39, 0.29) is 24.2 Å². The Balaban J connectivity index is 1.76. The van der Waals surface area contributed by atoms with E-state index >= 15 is 0 Å². The smallest absolute Gasteiger partial charge is 0.249 e. The van der Waals surface area contributed by atoms with E-state index in [1.165, 1.54) is 0 Å². The summed E-state index contributed by atoms with van der Waals surface area (Å²) in [6.45, 7) is 3.53. The first-order valence-corrected chi connectivity index (χ1v) is 5.79. The second-order valence-corrected chi connectivity index (χ2v) is 4.41. The van der Waals surface area contributed by atoms with Gasteiger partial charge in [-0.15, -0.1) is 0 Å². The Labute approximate surface area is 90.3 Å². The summed E-state index contributed by atoms with van der Waals surface area (Å²) in [6, 6.07) is 0.283. The van der Waals surface area contributed by atoms with Crippen LogP contribution in [-0.2, 0) is 14.3 Å². The monoisotopic (exact) mass is 213 g/mol. The molecular formula is C11H19NO3. The number of carbonyl (C=O) groups is 1. The van der Waals surface area contributed by atoms with Crippen molar-refractivity contribution in [1.29, 1.82) is 0 Å². The van der Waals surface area contributed by atoms with Crippen LogP contribution in [0.15, 0.2) is 0 Å². The molecule has 4 heteroatoms. The zero-order valence-corrected chi connectivity index (χ0v) is 9.20. The first-order chi connectivity index (χ1) is 7.25. The first kappa shape index (κ1) is 10.9. The van der Waals surface area contributed by atoms with Crippen molar-refractivity contribution in [3.63, 3.8) is 0 Å². The molecule has 2 unspecified atom stereocenters. The summed E-state index contributed by atoms with van der Waals surface area (Å²) in [5.41, 5.74) is 0. The molecule has 0 aromatic heterocycles. The molecule has 86 valence electrons. The van der Waals surface area contributed by atoms with Crippen LogP contribution < -0.4 is 5.32 Å². The van der Waals surface area contributed by atoms with E-state index in [0.29, 0.717) is 0 Å². The predicted octanol–water partition coefficient (Wildman–Crippen LogP) is 0.849. The van der Waals surface area contributed by atoms with Crippen LogP contribution in [0.25, 0.3) is 0 Å². The van der Waals surface area contributed by atoms with Crippen LogP contribution >= 0.6 is 0 Å². The minimum absolute atomic E-state index is 0.0613. The van der Waals surface area contributed by atoms with E-state index in [2.05, 4.69) is 5.32 Å². The molecule has 1 N–H and O–H groups in total. The van der Waals surface area contributed by atoms with Gasteiger partial charge in [-0.05, 0) is 32.6 Å². The lowest BCUT2D eigenvalue weighted by Gasteiger charge is -2.24. The molecule has 2 heterocycles. The molecule has 2 rings (SSSR count). The minimum atomic E-state index is -0.220. The number of hydrogen-bond donors (Lipinski definition) is 1. The number of ether oxygens (including phenoxy) is 2. The normalized spacial score (nSPS) is 32.9. The molecule has 0 saturated carbocycles. The predicted molar refractivity (Wildman–Crippen MR) is 55.6 cm³/mol. The number of amides is 1. The van der Waals surface area contributed by atoms with Gasteiger partial charge in [0.25, 0.3) is 0 Å². The largest absolute Gasteiger partial charge is 0.381 e. The average molecular weight is 213 g/mol. The van der Waals surface area contributed by atoms with Crippen LogP contribution in [-0.4, -0.2) is 37.4 Å². The lowest BCUT2D eigenvalue weighted by molar-refractivity contribution is -0.133.